The van der Waals surface area contributed by atoms with Crippen molar-refractivity contribution in [1.29, 1.82) is 0 Å². The van der Waals surface area contributed by atoms with Crippen LogP contribution in [0.1, 0.15) is 64.2 Å². The third kappa shape index (κ3) is 4.11. The molecule has 0 amide bonds. The van der Waals surface area contributed by atoms with Gasteiger partial charge in [0, 0.05) is 31.2 Å². The van der Waals surface area contributed by atoms with Crippen molar-refractivity contribution in [3.63, 3.8) is 0 Å². The summed E-state index contributed by atoms with van der Waals surface area (Å²) in [4.78, 5) is 7.00. The van der Waals surface area contributed by atoms with Gasteiger partial charge in [-0.2, -0.15) is 0 Å². The summed E-state index contributed by atoms with van der Waals surface area (Å²) in [5.74, 6) is 4.39. The average molecular weight is 354 g/mol. The van der Waals surface area contributed by atoms with Gasteiger partial charge in [0.2, 0.25) is 0 Å². The molecule has 2 nitrogen and oxygen atoms in total. The lowest BCUT2D eigenvalue weighted by Crippen LogP contribution is -2.20. The van der Waals surface area contributed by atoms with Crippen molar-refractivity contribution in [3.8, 4) is 0 Å². The van der Waals surface area contributed by atoms with E-state index < -0.39 is 7.92 Å². The predicted molar refractivity (Wildman–Crippen MR) is 109 cm³/mol. The number of aromatic nitrogens is 2. The van der Waals surface area contributed by atoms with Crippen molar-refractivity contribution in [2.24, 2.45) is 11.8 Å². The molecule has 0 unspecified atom stereocenters. The number of hydrogen-bond donors (Lipinski definition) is 2. The van der Waals surface area contributed by atoms with E-state index in [-0.39, 0.29) is 0 Å². The Balaban J connectivity index is 1.69. The first-order chi connectivity index (χ1) is 12.4. The maximum atomic E-state index is 3.50. The molecule has 3 heteroatoms. The Kier molecular flexibility index (Phi) is 5.77. The molecule has 25 heavy (non-hydrogen) atoms. The molecule has 0 radical (unpaired) electrons. The summed E-state index contributed by atoms with van der Waals surface area (Å²) < 4.78 is 0. The SMILES string of the molecule is C(=C(C1CCCCC1)C1CCCCC1)P(c1ccc[nH]1)c1ccc[nH]1. The molecule has 2 aromatic rings. The summed E-state index contributed by atoms with van der Waals surface area (Å²) in [6.07, 6.45) is 18.4. The third-order valence-electron chi connectivity index (χ3n) is 6.11. The summed E-state index contributed by atoms with van der Waals surface area (Å²) in [5, 5.41) is 0. The van der Waals surface area contributed by atoms with Gasteiger partial charge in [-0.05, 0) is 67.6 Å². The van der Waals surface area contributed by atoms with Crippen LogP contribution in [0.4, 0.5) is 0 Å². The van der Waals surface area contributed by atoms with Crippen molar-refractivity contribution in [3.05, 3.63) is 48.0 Å². The lowest BCUT2D eigenvalue weighted by Gasteiger charge is -2.33. The van der Waals surface area contributed by atoms with Crippen LogP contribution in [0.5, 0.6) is 0 Å². The van der Waals surface area contributed by atoms with Crippen LogP contribution in [0.2, 0.25) is 0 Å². The Labute approximate surface area is 153 Å². The van der Waals surface area contributed by atoms with Crippen LogP contribution in [-0.4, -0.2) is 9.97 Å². The normalized spacial score (nSPS) is 20.0. The molecule has 134 valence electrons. The fourth-order valence-electron chi connectivity index (χ4n) is 4.78. The van der Waals surface area contributed by atoms with Gasteiger partial charge in [0.1, 0.15) is 0 Å². The second-order valence-electron chi connectivity index (χ2n) is 7.78. The van der Waals surface area contributed by atoms with Gasteiger partial charge >= 0.3 is 0 Å². The molecular formula is C22H31N2P. The van der Waals surface area contributed by atoms with E-state index in [0.29, 0.717) is 0 Å². The fraction of sp³-hybridized carbons (Fsp3) is 0.545. The van der Waals surface area contributed by atoms with Crippen LogP contribution in [-0.2, 0) is 0 Å². The summed E-state index contributed by atoms with van der Waals surface area (Å²) in [5.41, 5.74) is 4.57. The topological polar surface area (TPSA) is 31.6 Å². The summed E-state index contributed by atoms with van der Waals surface area (Å²) in [7, 11) is -0.439. The van der Waals surface area contributed by atoms with Crippen molar-refractivity contribution in [2.75, 3.05) is 0 Å². The molecule has 2 saturated carbocycles. The second kappa shape index (κ2) is 8.41. The maximum Gasteiger partial charge on any atom is 0.0485 e. The van der Waals surface area contributed by atoms with Gasteiger partial charge in [0.15, 0.2) is 0 Å². The molecule has 0 atom stereocenters. The zero-order valence-electron chi connectivity index (χ0n) is 15.2. The molecule has 0 bridgehead atoms. The Bertz CT molecular complexity index is 590. The van der Waals surface area contributed by atoms with E-state index in [2.05, 4.69) is 52.4 Å². The first-order valence-corrected chi connectivity index (χ1v) is 11.6. The monoisotopic (exact) mass is 354 g/mol. The molecule has 2 aliphatic carbocycles. The van der Waals surface area contributed by atoms with Crippen molar-refractivity contribution >= 4 is 18.8 Å². The Morgan fingerprint density at radius 2 is 1.24 bits per heavy atom. The van der Waals surface area contributed by atoms with E-state index in [1.54, 1.807) is 0 Å². The lowest BCUT2D eigenvalue weighted by atomic mass is 9.74. The van der Waals surface area contributed by atoms with E-state index in [4.69, 9.17) is 0 Å². The molecule has 0 spiro atoms. The Morgan fingerprint density at radius 3 is 1.64 bits per heavy atom. The van der Waals surface area contributed by atoms with E-state index in [0.717, 1.165) is 11.8 Å². The van der Waals surface area contributed by atoms with Crippen LogP contribution in [0.25, 0.3) is 0 Å². The van der Waals surface area contributed by atoms with Crippen LogP contribution in [0, 0.1) is 11.8 Å². The minimum atomic E-state index is -0.439. The summed E-state index contributed by atoms with van der Waals surface area (Å²) in [6.45, 7) is 0. The molecule has 0 aliphatic heterocycles. The van der Waals surface area contributed by atoms with Gasteiger partial charge in [-0.1, -0.05) is 44.1 Å². The van der Waals surface area contributed by atoms with Crippen LogP contribution >= 0.6 is 7.92 Å². The maximum absolute atomic E-state index is 3.50. The fourth-order valence-corrected chi connectivity index (χ4v) is 6.95. The zero-order chi connectivity index (χ0) is 16.9. The van der Waals surface area contributed by atoms with Gasteiger partial charge in [-0.25, -0.2) is 0 Å². The van der Waals surface area contributed by atoms with E-state index in [1.165, 1.54) is 75.1 Å². The number of H-pyrrole nitrogens is 2. The molecular weight excluding hydrogens is 323 g/mol. The van der Waals surface area contributed by atoms with Crippen molar-refractivity contribution in [2.45, 2.75) is 64.2 Å². The van der Waals surface area contributed by atoms with Gasteiger partial charge in [-0.3, -0.25) is 0 Å². The van der Waals surface area contributed by atoms with Crippen LogP contribution < -0.4 is 10.9 Å². The number of allylic oxidation sites excluding steroid dienone is 1. The third-order valence-corrected chi connectivity index (χ3v) is 8.26. The van der Waals surface area contributed by atoms with Crippen LogP contribution in [0.15, 0.2) is 48.0 Å². The van der Waals surface area contributed by atoms with E-state index in [9.17, 15) is 0 Å². The minimum absolute atomic E-state index is 0.439. The second-order valence-corrected chi connectivity index (χ2v) is 9.74. The highest BCUT2D eigenvalue weighted by Crippen LogP contribution is 2.45. The highest BCUT2D eigenvalue weighted by atomic mass is 31.1. The molecule has 2 N–H and O–H groups in total. The smallest absolute Gasteiger partial charge is 0.0485 e. The molecule has 0 saturated heterocycles. The first kappa shape index (κ1) is 17.2. The van der Waals surface area contributed by atoms with Crippen LogP contribution in [0.3, 0.4) is 0 Å². The van der Waals surface area contributed by atoms with Gasteiger partial charge in [0.05, 0.1) is 0 Å². The number of rotatable bonds is 5. The minimum Gasteiger partial charge on any atom is -0.361 e. The standard InChI is InChI=1S/C22H31N2P/c1-3-9-18(10-4-1)20(19-11-5-2-6-12-19)17-25(21-13-7-15-23-21)22-14-8-16-24-22/h7-8,13-19,23-24H,1-6,9-12H2. The quantitative estimate of drug-likeness (QED) is 0.634. The van der Waals surface area contributed by atoms with E-state index in [1.807, 2.05) is 5.57 Å². The number of hydrogen-bond acceptors (Lipinski definition) is 0. The zero-order valence-corrected chi connectivity index (χ0v) is 16.1. The predicted octanol–water partition coefficient (Wildman–Crippen LogP) is 5.82. The Hall–Kier alpha value is -1.27. The largest absolute Gasteiger partial charge is 0.361 e. The number of aromatic amines is 2. The molecule has 2 aromatic heterocycles. The lowest BCUT2D eigenvalue weighted by molar-refractivity contribution is 0.327. The molecule has 4 rings (SSSR count). The van der Waals surface area contributed by atoms with Crippen molar-refractivity contribution < 1.29 is 0 Å². The summed E-state index contributed by atoms with van der Waals surface area (Å²) in [6, 6.07) is 8.81. The molecule has 2 fully saturated rings. The molecule has 2 aliphatic rings. The molecule has 0 aromatic carbocycles. The average Bonchev–Trinajstić information content (AvgIpc) is 3.38. The van der Waals surface area contributed by atoms with Gasteiger partial charge < -0.3 is 9.97 Å². The number of nitrogens with one attached hydrogen (secondary N) is 2. The van der Waals surface area contributed by atoms with E-state index >= 15 is 0 Å². The van der Waals surface area contributed by atoms with Gasteiger partial charge in [-0.15, -0.1) is 0 Å². The highest BCUT2D eigenvalue weighted by molar-refractivity contribution is 7.75. The summed E-state index contributed by atoms with van der Waals surface area (Å²) >= 11 is 0. The first-order valence-electron chi connectivity index (χ1n) is 10.2. The van der Waals surface area contributed by atoms with Gasteiger partial charge in [0.25, 0.3) is 0 Å². The highest BCUT2D eigenvalue weighted by Gasteiger charge is 2.27. The molecule has 2 heterocycles. The Morgan fingerprint density at radius 1 is 0.760 bits per heavy atom. The van der Waals surface area contributed by atoms with Crippen molar-refractivity contribution in [1.82, 2.24) is 9.97 Å².